The molecule has 0 saturated carbocycles. The Balaban J connectivity index is 2.11. The second-order valence-electron chi connectivity index (χ2n) is 4.17. The Labute approximate surface area is 101 Å². The average molecular weight is 244 g/mol. The van der Waals surface area contributed by atoms with Crippen LogP contribution in [-0.2, 0) is 14.3 Å². The van der Waals surface area contributed by atoms with Crippen LogP contribution < -0.4 is 10.6 Å². The average Bonchev–Trinajstić information content (AvgIpc) is 2.75. The first-order chi connectivity index (χ1) is 8.13. The fourth-order valence-electron chi connectivity index (χ4n) is 1.78. The Hall–Kier alpha value is -1.14. The summed E-state index contributed by atoms with van der Waals surface area (Å²) in [5.74, 6) is -0.935. The normalized spacial score (nSPS) is 23.6. The molecule has 17 heavy (non-hydrogen) atoms. The van der Waals surface area contributed by atoms with Crippen LogP contribution in [0.1, 0.15) is 25.7 Å². The molecule has 1 fully saturated rings. The molecule has 0 spiro atoms. The highest BCUT2D eigenvalue weighted by Crippen LogP contribution is 2.19. The Bertz CT molecular complexity index is 270. The lowest BCUT2D eigenvalue weighted by atomic mass is 10.2. The molecule has 0 aromatic heterocycles. The SMILES string of the molecule is CNCCCC(=O)NCC1CCC(C(=O)O)O1. The number of carboxylic acid groups (broad SMARTS) is 1. The molecule has 0 aromatic carbocycles. The molecule has 98 valence electrons. The molecular formula is C11H20N2O4. The highest BCUT2D eigenvalue weighted by Gasteiger charge is 2.30. The van der Waals surface area contributed by atoms with Crippen molar-refractivity contribution in [3.8, 4) is 0 Å². The number of ether oxygens (including phenoxy) is 1. The molecule has 2 unspecified atom stereocenters. The van der Waals surface area contributed by atoms with Crippen LogP contribution in [0, 0.1) is 0 Å². The number of carboxylic acids is 1. The molecule has 1 saturated heterocycles. The molecule has 1 aliphatic heterocycles. The molecule has 6 nitrogen and oxygen atoms in total. The number of hydrogen-bond acceptors (Lipinski definition) is 4. The molecule has 0 radical (unpaired) electrons. The van der Waals surface area contributed by atoms with E-state index in [2.05, 4.69) is 10.6 Å². The van der Waals surface area contributed by atoms with E-state index in [0.29, 0.717) is 25.8 Å². The summed E-state index contributed by atoms with van der Waals surface area (Å²) < 4.78 is 5.27. The van der Waals surface area contributed by atoms with Crippen LogP contribution in [0.4, 0.5) is 0 Å². The van der Waals surface area contributed by atoms with Gasteiger partial charge in [0, 0.05) is 13.0 Å². The molecule has 0 bridgehead atoms. The van der Waals surface area contributed by atoms with Crippen LogP contribution in [0.3, 0.4) is 0 Å². The third kappa shape index (κ3) is 5.14. The van der Waals surface area contributed by atoms with Crippen LogP contribution in [0.2, 0.25) is 0 Å². The van der Waals surface area contributed by atoms with Gasteiger partial charge in [-0.15, -0.1) is 0 Å². The van der Waals surface area contributed by atoms with Crippen LogP contribution in [0.25, 0.3) is 0 Å². The zero-order chi connectivity index (χ0) is 12.7. The molecular weight excluding hydrogens is 224 g/mol. The number of aliphatic carboxylic acids is 1. The van der Waals surface area contributed by atoms with E-state index in [1.807, 2.05) is 7.05 Å². The van der Waals surface area contributed by atoms with Crippen molar-refractivity contribution in [3.05, 3.63) is 0 Å². The van der Waals surface area contributed by atoms with Gasteiger partial charge in [0.05, 0.1) is 6.10 Å². The summed E-state index contributed by atoms with van der Waals surface area (Å²) >= 11 is 0. The quantitative estimate of drug-likeness (QED) is 0.537. The summed E-state index contributed by atoms with van der Waals surface area (Å²) in [6.07, 6.45) is 1.62. The van der Waals surface area contributed by atoms with Crippen molar-refractivity contribution in [2.45, 2.75) is 37.9 Å². The lowest BCUT2D eigenvalue weighted by Crippen LogP contribution is -2.33. The first-order valence-corrected chi connectivity index (χ1v) is 5.93. The minimum Gasteiger partial charge on any atom is -0.479 e. The van der Waals surface area contributed by atoms with Crippen LogP contribution in [-0.4, -0.2) is 49.3 Å². The van der Waals surface area contributed by atoms with Crippen LogP contribution >= 0.6 is 0 Å². The summed E-state index contributed by atoms with van der Waals surface area (Å²) in [5, 5.41) is 14.5. The van der Waals surface area contributed by atoms with Gasteiger partial charge in [0.15, 0.2) is 6.10 Å². The van der Waals surface area contributed by atoms with Crippen molar-refractivity contribution in [2.75, 3.05) is 20.1 Å². The monoisotopic (exact) mass is 244 g/mol. The van der Waals surface area contributed by atoms with Gasteiger partial charge in [0.25, 0.3) is 0 Å². The molecule has 1 aliphatic rings. The van der Waals surface area contributed by atoms with E-state index in [1.54, 1.807) is 0 Å². The van der Waals surface area contributed by atoms with E-state index in [9.17, 15) is 9.59 Å². The Morgan fingerprint density at radius 3 is 2.76 bits per heavy atom. The van der Waals surface area contributed by atoms with Gasteiger partial charge in [-0.25, -0.2) is 4.79 Å². The maximum atomic E-state index is 11.4. The fraction of sp³-hybridized carbons (Fsp3) is 0.818. The predicted octanol–water partition coefficient (Wildman–Crippen LogP) is -0.266. The topological polar surface area (TPSA) is 87.7 Å². The van der Waals surface area contributed by atoms with Gasteiger partial charge >= 0.3 is 5.97 Å². The van der Waals surface area contributed by atoms with Crippen molar-refractivity contribution < 1.29 is 19.4 Å². The molecule has 1 amide bonds. The van der Waals surface area contributed by atoms with Crippen molar-refractivity contribution in [1.29, 1.82) is 0 Å². The molecule has 3 N–H and O–H groups in total. The van der Waals surface area contributed by atoms with Gasteiger partial charge in [0.1, 0.15) is 0 Å². The lowest BCUT2D eigenvalue weighted by Gasteiger charge is -2.12. The number of amides is 1. The summed E-state index contributed by atoms with van der Waals surface area (Å²) in [6, 6.07) is 0. The molecule has 2 atom stereocenters. The molecule has 6 heteroatoms. The maximum absolute atomic E-state index is 11.4. The van der Waals surface area contributed by atoms with E-state index >= 15 is 0 Å². The Morgan fingerprint density at radius 1 is 1.41 bits per heavy atom. The summed E-state index contributed by atoms with van der Waals surface area (Å²) in [5.41, 5.74) is 0. The van der Waals surface area contributed by atoms with Crippen molar-refractivity contribution >= 4 is 11.9 Å². The largest absolute Gasteiger partial charge is 0.479 e. The van der Waals surface area contributed by atoms with Gasteiger partial charge in [0.2, 0.25) is 5.91 Å². The van der Waals surface area contributed by atoms with Crippen LogP contribution in [0.15, 0.2) is 0 Å². The summed E-state index contributed by atoms with van der Waals surface area (Å²) in [6.45, 7) is 1.22. The van der Waals surface area contributed by atoms with Crippen LogP contribution in [0.5, 0.6) is 0 Å². The number of carbonyl (C=O) groups excluding carboxylic acids is 1. The minimum atomic E-state index is -0.923. The molecule has 0 aliphatic carbocycles. The third-order valence-electron chi connectivity index (χ3n) is 2.74. The lowest BCUT2D eigenvalue weighted by molar-refractivity contribution is -0.149. The number of rotatable bonds is 7. The van der Waals surface area contributed by atoms with Gasteiger partial charge in [-0.2, -0.15) is 0 Å². The van der Waals surface area contributed by atoms with Gasteiger partial charge in [-0.1, -0.05) is 0 Å². The number of nitrogens with one attached hydrogen (secondary N) is 2. The third-order valence-corrected chi connectivity index (χ3v) is 2.74. The predicted molar refractivity (Wildman–Crippen MR) is 61.7 cm³/mol. The maximum Gasteiger partial charge on any atom is 0.332 e. The van der Waals surface area contributed by atoms with Crippen molar-refractivity contribution in [1.82, 2.24) is 10.6 Å². The van der Waals surface area contributed by atoms with E-state index in [4.69, 9.17) is 9.84 Å². The first-order valence-electron chi connectivity index (χ1n) is 5.93. The fourth-order valence-corrected chi connectivity index (χ4v) is 1.78. The van der Waals surface area contributed by atoms with Gasteiger partial charge < -0.3 is 20.5 Å². The minimum absolute atomic E-state index is 0.0115. The van der Waals surface area contributed by atoms with E-state index in [1.165, 1.54) is 0 Å². The van der Waals surface area contributed by atoms with E-state index < -0.39 is 12.1 Å². The van der Waals surface area contributed by atoms with E-state index in [0.717, 1.165) is 13.0 Å². The van der Waals surface area contributed by atoms with Crippen molar-refractivity contribution in [3.63, 3.8) is 0 Å². The highest BCUT2D eigenvalue weighted by molar-refractivity contribution is 5.76. The standard InChI is InChI=1S/C11H20N2O4/c1-12-6-2-3-10(14)13-7-8-4-5-9(17-8)11(15)16/h8-9,12H,2-7H2,1H3,(H,13,14)(H,15,16). The Kier molecular flexibility index (Phi) is 5.93. The van der Waals surface area contributed by atoms with Gasteiger partial charge in [-0.05, 0) is 32.9 Å². The highest BCUT2D eigenvalue weighted by atomic mass is 16.5. The summed E-state index contributed by atoms with van der Waals surface area (Å²) in [7, 11) is 1.84. The Morgan fingerprint density at radius 2 is 2.18 bits per heavy atom. The second-order valence-corrected chi connectivity index (χ2v) is 4.17. The smallest absolute Gasteiger partial charge is 0.332 e. The second kappa shape index (κ2) is 7.24. The molecule has 0 aromatic rings. The zero-order valence-corrected chi connectivity index (χ0v) is 10.1. The number of hydrogen-bond donors (Lipinski definition) is 3. The first kappa shape index (κ1) is 13.9. The van der Waals surface area contributed by atoms with Gasteiger partial charge in [-0.3, -0.25) is 4.79 Å². The van der Waals surface area contributed by atoms with E-state index in [-0.39, 0.29) is 12.0 Å². The summed E-state index contributed by atoms with van der Waals surface area (Å²) in [4.78, 5) is 22.0. The number of carbonyl (C=O) groups is 2. The molecule has 1 rings (SSSR count). The molecule has 1 heterocycles. The van der Waals surface area contributed by atoms with Crippen molar-refractivity contribution in [2.24, 2.45) is 0 Å². The zero-order valence-electron chi connectivity index (χ0n) is 10.1.